The van der Waals surface area contributed by atoms with Gasteiger partial charge in [0, 0.05) is 25.4 Å². The number of rotatable bonds is 6. The number of benzene rings is 1. The molecule has 128 valence electrons. The van der Waals surface area contributed by atoms with Gasteiger partial charge < -0.3 is 14.4 Å². The van der Waals surface area contributed by atoms with Gasteiger partial charge in [-0.15, -0.1) is 0 Å². The van der Waals surface area contributed by atoms with Gasteiger partial charge in [-0.2, -0.15) is 0 Å². The van der Waals surface area contributed by atoms with E-state index in [4.69, 9.17) is 4.42 Å². The monoisotopic (exact) mass is 327 g/mol. The summed E-state index contributed by atoms with van der Waals surface area (Å²) in [6.45, 7) is 2.88. The Hall–Kier alpha value is -2.07. The van der Waals surface area contributed by atoms with Crippen LogP contribution in [0.4, 0.5) is 0 Å². The molecule has 1 aliphatic heterocycles. The Morgan fingerprint density at radius 2 is 2.17 bits per heavy atom. The summed E-state index contributed by atoms with van der Waals surface area (Å²) in [7, 11) is 0. The molecule has 1 fully saturated rings. The summed E-state index contributed by atoms with van der Waals surface area (Å²) < 4.78 is 5.27. The maximum atomic E-state index is 12.6. The van der Waals surface area contributed by atoms with Crippen LogP contribution >= 0.6 is 0 Å². The highest BCUT2D eigenvalue weighted by atomic mass is 16.4. The number of hydrogen-bond acceptors (Lipinski definition) is 3. The van der Waals surface area contributed by atoms with Gasteiger partial charge >= 0.3 is 0 Å². The van der Waals surface area contributed by atoms with E-state index in [2.05, 4.69) is 19.1 Å². The lowest BCUT2D eigenvalue weighted by molar-refractivity contribution is -0.132. The lowest BCUT2D eigenvalue weighted by atomic mass is 10.0. The minimum absolute atomic E-state index is 0.106. The molecule has 1 aromatic heterocycles. The van der Waals surface area contributed by atoms with E-state index < -0.39 is 6.10 Å². The number of likely N-dealkylation sites (tertiary alicyclic amines) is 1. The van der Waals surface area contributed by atoms with E-state index >= 15 is 0 Å². The number of hydrogen-bond donors (Lipinski definition) is 1. The van der Waals surface area contributed by atoms with Gasteiger partial charge in [-0.05, 0) is 49.4 Å². The highest BCUT2D eigenvalue weighted by molar-refractivity contribution is 5.77. The van der Waals surface area contributed by atoms with Crippen LogP contribution in [-0.2, 0) is 11.2 Å². The second-order valence-electron chi connectivity index (χ2n) is 6.58. The fourth-order valence-corrected chi connectivity index (χ4v) is 3.54. The molecule has 2 atom stereocenters. The number of carbonyl (C=O) groups is 1. The van der Waals surface area contributed by atoms with Gasteiger partial charge in [0.25, 0.3) is 0 Å². The van der Waals surface area contributed by atoms with Crippen molar-refractivity contribution in [3.63, 3.8) is 0 Å². The second kappa shape index (κ2) is 7.67. The summed E-state index contributed by atoms with van der Waals surface area (Å²) in [6.07, 6.45) is 4.73. The Labute approximate surface area is 143 Å². The number of aliphatic hydroxyl groups excluding tert-OH is 1. The van der Waals surface area contributed by atoms with Gasteiger partial charge in [0.15, 0.2) is 0 Å². The zero-order valence-corrected chi connectivity index (χ0v) is 14.1. The highest BCUT2D eigenvalue weighted by Crippen LogP contribution is 2.28. The lowest BCUT2D eigenvalue weighted by Gasteiger charge is -2.26. The summed E-state index contributed by atoms with van der Waals surface area (Å²) in [5.41, 5.74) is 2.47. The summed E-state index contributed by atoms with van der Waals surface area (Å²) in [6, 6.07) is 11.9. The molecule has 2 aromatic rings. The van der Waals surface area contributed by atoms with Crippen molar-refractivity contribution in [1.82, 2.24) is 4.90 Å². The SMILES string of the molecule is Cc1ccccc1CCC(=O)N1CCCC1CC(O)c1ccco1. The second-order valence-corrected chi connectivity index (χ2v) is 6.58. The third-order valence-electron chi connectivity index (χ3n) is 4.93. The van der Waals surface area contributed by atoms with Crippen molar-refractivity contribution < 1.29 is 14.3 Å². The van der Waals surface area contributed by atoms with Gasteiger partial charge in [-0.1, -0.05) is 24.3 Å². The van der Waals surface area contributed by atoms with Crippen molar-refractivity contribution in [1.29, 1.82) is 0 Å². The predicted octanol–water partition coefficient (Wildman–Crippen LogP) is 3.64. The molecule has 0 bridgehead atoms. The van der Waals surface area contributed by atoms with E-state index in [1.165, 1.54) is 11.1 Å². The Morgan fingerprint density at radius 1 is 1.33 bits per heavy atom. The van der Waals surface area contributed by atoms with E-state index in [1.807, 2.05) is 17.0 Å². The van der Waals surface area contributed by atoms with Crippen LogP contribution in [0, 0.1) is 6.92 Å². The molecule has 2 heterocycles. The third-order valence-corrected chi connectivity index (χ3v) is 4.93. The molecule has 24 heavy (non-hydrogen) atoms. The first-order valence-electron chi connectivity index (χ1n) is 8.70. The minimum atomic E-state index is -0.644. The zero-order chi connectivity index (χ0) is 16.9. The predicted molar refractivity (Wildman–Crippen MR) is 92.5 cm³/mol. The molecule has 1 N–H and O–H groups in total. The van der Waals surface area contributed by atoms with Crippen LogP contribution in [0.1, 0.15) is 48.7 Å². The van der Waals surface area contributed by atoms with Crippen molar-refractivity contribution in [3.8, 4) is 0 Å². The largest absolute Gasteiger partial charge is 0.467 e. The van der Waals surface area contributed by atoms with E-state index in [1.54, 1.807) is 18.4 Å². The van der Waals surface area contributed by atoms with E-state index in [-0.39, 0.29) is 11.9 Å². The fraction of sp³-hybridized carbons (Fsp3) is 0.450. The first-order valence-corrected chi connectivity index (χ1v) is 8.70. The average molecular weight is 327 g/mol. The van der Waals surface area contributed by atoms with Crippen LogP contribution in [0.5, 0.6) is 0 Å². The summed E-state index contributed by atoms with van der Waals surface area (Å²) in [5.74, 6) is 0.765. The molecule has 3 rings (SSSR count). The van der Waals surface area contributed by atoms with Gasteiger partial charge in [-0.3, -0.25) is 4.79 Å². The molecule has 2 unspecified atom stereocenters. The molecule has 0 spiro atoms. The molecule has 0 radical (unpaired) electrons. The minimum Gasteiger partial charge on any atom is -0.467 e. The van der Waals surface area contributed by atoms with Crippen LogP contribution in [0.3, 0.4) is 0 Å². The molecule has 4 nitrogen and oxygen atoms in total. The lowest BCUT2D eigenvalue weighted by Crippen LogP contribution is -2.36. The number of furan rings is 1. The van der Waals surface area contributed by atoms with Crippen molar-refractivity contribution in [2.45, 2.75) is 51.2 Å². The van der Waals surface area contributed by atoms with Crippen molar-refractivity contribution in [2.24, 2.45) is 0 Å². The van der Waals surface area contributed by atoms with Crippen LogP contribution in [0.2, 0.25) is 0 Å². The van der Waals surface area contributed by atoms with Gasteiger partial charge in [0.05, 0.1) is 6.26 Å². The maximum Gasteiger partial charge on any atom is 0.223 e. The van der Waals surface area contributed by atoms with Crippen LogP contribution in [0.25, 0.3) is 0 Å². The van der Waals surface area contributed by atoms with Gasteiger partial charge in [0.1, 0.15) is 11.9 Å². The normalized spacial score (nSPS) is 18.8. The standard InChI is InChI=1S/C20H25NO3/c1-15-6-2-3-7-16(15)10-11-20(23)21-12-4-8-17(21)14-18(22)19-9-5-13-24-19/h2-3,5-7,9,13,17-18,22H,4,8,10-12,14H2,1H3. The Balaban J connectivity index is 1.56. The first kappa shape index (κ1) is 16.8. The molecule has 0 saturated carbocycles. The van der Waals surface area contributed by atoms with E-state index in [9.17, 15) is 9.90 Å². The molecule has 4 heteroatoms. The molecule has 1 amide bonds. The third kappa shape index (κ3) is 3.88. The number of aryl methyl sites for hydroxylation is 2. The van der Waals surface area contributed by atoms with Gasteiger partial charge in [-0.25, -0.2) is 0 Å². The number of nitrogens with zero attached hydrogens (tertiary/aromatic N) is 1. The first-order chi connectivity index (χ1) is 11.6. The molecule has 1 aliphatic rings. The average Bonchev–Trinajstić information content (AvgIpc) is 3.25. The summed E-state index contributed by atoms with van der Waals surface area (Å²) in [5, 5.41) is 10.3. The molecule has 0 aliphatic carbocycles. The Kier molecular flexibility index (Phi) is 5.36. The van der Waals surface area contributed by atoms with Crippen LogP contribution < -0.4 is 0 Å². The van der Waals surface area contributed by atoms with Crippen molar-refractivity contribution in [2.75, 3.05) is 6.54 Å². The number of carbonyl (C=O) groups excluding carboxylic acids is 1. The molecule has 1 aromatic carbocycles. The molecular formula is C20H25NO3. The van der Waals surface area contributed by atoms with E-state index in [0.717, 1.165) is 25.8 Å². The highest BCUT2D eigenvalue weighted by Gasteiger charge is 2.30. The van der Waals surface area contributed by atoms with Crippen LogP contribution in [-0.4, -0.2) is 28.5 Å². The number of aliphatic hydroxyl groups is 1. The smallest absolute Gasteiger partial charge is 0.223 e. The quantitative estimate of drug-likeness (QED) is 0.881. The molecular weight excluding hydrogens is 302 g/mol. The number of amides is 1. The van der Waals surface area contributed by atoms with Crippen molar-refractivity contribution >= 4 is 5.91 Å². The summed E-state index contributed by atoms with van der Waals surface area (Å²) in [4.78, 5) is 14.6. The molecule has 1 saturated heterocycles. The van der Waals surface area contributed by atoms with Gasteiger partial charge in [0.2, 0.25) is 5.91 Å². The Morgan fingerprint density at radius 3 is 2.92 bits per heavy atom. The van der Waals surface area contributed by atoms with Crippen LogP contribution in [0.15, 0.2) is 47.1 Å². The summed E-state index contributed by atoms with van der Waals surface area (Å²) >= 11 is 0. The Bertz CT molecular complexity index is 665. The maximum absolute atomic E-state index is 12.6. The zero-order valence-electron chi connectivity index (χ0n) is 14.1. The fourth-order valence-electron chi connectivity index (χ4n) is 3.54. The van der Waals surface area contributed by atoms with E-state index in [0.29, 0.717) is 18.6 Å². The topological polar surface area (TPSA) is 53.7 Å². The van der Waals surface area contributed by atoms with Crippen molar-refractivity contribution in [3.05, 3.63) is 59.5 Å².